The Morgan fingerprint density at radius 3 is 2.16 bits per heavy atom. The molecule has 4 aromatic rings. The zero-order chi connectivity index (χ0) is 26.5. The van der Waals surface area contributed by atoms with Crippen molar-refractivity contribution in [2.75, 3.05) is 0 Å². The largest absolute Gasteiger partial charge is 0.269 e. The maximum absolute atomic E-state index is 13.8. The average molecular weight is 535 g/mol. The number of non-ortho nitro benzene ring substituents is 1. The molecule has 0 N–H and O–H groups in total. The second-order valence-corrected chi connectivity index (χ2v) is 12.1. The van der Waals surface area contributed by atoms with Gasteiger partial charge in [0.1, 0.15) is 12.0 Å². The van der Waals surface area contributed by atoms with Crippen molar-refractivity contribution in [3.63, 3.8) is 0 Å². The van der Waals surface area contributed by atoms with Gasteiger partial charge in [0, 0.05) is 23.3 Å². The van der Waals surface area contributed by atoms with Gasteiger partial charge in [0.2, 0.25) is 19.7 Å². The molecule has 0 atom stereocenters. The molecule has 5 rings (SSSR count). The number of hydrogen-bond acceptors (Lipinski definition) is 9. The van der Waals surface area contributed by atoms with Crippen LogP contribution in [0.15, 0.2) is 97.9 Å². The van der Waals surface area contributed by atoms with Crippen molar-refractivity contribution in [2.24, 2.45) is 4.99 Å². The summed E-state index contributed by atoms with van der Waals surface area (Å²) in [4.78, 5) is 22.8. The normalized spacial score (nSPS) is 14.2. The number of sulfone groups is 2. The summed E-state index contributed by atoms with van der Waals surface area (Å²) >= 11 is 0. The first-order chi connectivity index (χ1) is 17.5. The molecule has 37 heavy (non-hydrogen) atoms. The van der Waals surface area contributed by atoms with Gasteiger partial charge < -0.3 is 0 Å². The molecule has 0 amide bonds. The van der Waals surface area contributed by atoms with Gasteiger partial charge in [0.05, 0.1) is 20.4 Å². The molecule has 12 heteroatoms. The number of nitro groups is 1. The summed E-state index contributed by atoms with van der Waals surface area (Å²) in [6, 6.07) is 16.1. The maximum Gasteiger partial charge on any atom is 0.269 e. The fraction of sp³-hybridized carbons (Fsp3) is 0.0800. The molecular weight excluding hydrogens is 516 g/mol. The Labute approximate surface area is 212 Å². The van der Waals surface area contributed by atoms with E-state index in [0.29, 0.717) is 5.56 Å². The molecule has 0 saturated carbocycles. The molecule has 2 heterocycles. The standard InChI is InChI=1S/C25H18N4O6S2/c1-15-3-10-19(11-4-15)36(32,33)24-23-25(27-14-26-24)37(34,35)21-12-5-16(2)13-20(21)22(28-23)17-6-8-18(9-7-17)29(30)31/h3-14H,1-2H3. The van der Waals surface area contributed by atoms with Crippen molar-refractivity contribution in [1.29, 1.82) is 0 Å². The fourth-order valence-corrected chi connectivity index (χ4v) is 6.81. The highest BCUT2D eigenvalue weighted by Gasteiger charge is 2.36. The zero-order valence-corrected chi connectivity index (χ0v) is 21.1. The molecule has 0 unspecified atom stereocenters. The number of benzene rings is 3. The third-order valence-electron chi connectivity index (χ3n) is 5.85. The van der Waals surface area contributed by atoms with Crippen LogP contribution in [0.5, 0.6) is 0 Å². The van der Waals surface area contributed by atoms with Crippen LogP contribution in [0.4, 0.5) is 11.4 Å². The molecule has 0 bridgehead atoms. The lowest BCUT2D eigenvalue weighted by Crippen LogP contribution is -2.11. The van der Waals surface area contributed by atoms with Gasteiger partial charge in [-0.3, -0.25) is 10.1 Å². The van der Waals surface area contributed by atoms with Crippen molar-refractivity contribution >= 4 is 36.8 Å². The maximum atomic E-state index is 13.8. The Morgan fingerprint density at radius 2 is 1.51 bits per heavy atom. The minimum atomic E-state index is -4.33. The van der Waals surface area contributed by atoms with Crippen molar-refractivity contribution in [2.45, 2.75) is 33.7 Å². The van der Waals surface area contributed by atoms with E-state index in [-0.39, 0.29) is 26.8 Å². The number of aryl methyl sites for hydroxylation is 2. The molecule has 0 spiro atoms. The molecule has 0 fully saturated rings. The lowest BCUT2D eigenvalue weighted by atomic mass is 10.00. The topological polar surface area (TPSA) is 150 Å². The molecule has 0 aliphatic carbocycles. The Morgan fingerprint density at radius 1 is 0.865 bits per heavy atom. The number of rotatable bonds is 4. The second-order valence-electron chi connectivity index (χ2n) is 8.42. The van der Waals surface area contributed by atoms with Gasteiger partial charge in [-0.2, -0.15) is 0 Å². The van der Waals surface area contributed by atoms with Crippen molar-refractivity contribution in [3.05, 3.63) is 105 Å². The van der Waals surface area contributed by atoms with Crippen LogP contribution in [0.3, 0.4) is 0 Å². The minimum Gasteiger partial charge on any atom is -0.258 e. The van der Waals surface area contributed by atoms with Crippen molar-refractivity contribution in [3.8, 4) is 0 Å². The van der Waals surface area contributed by atoms with E-state index in [1.807, 2.05) is 0 Å². The van der Waals surface area contributed by atoms with Crippen LogP contribution < -0.4 is 0 Å². The highest BCUT2D eigenvalue weighted by molar-refractivity contribution is 7.92. The van der Waals surface area contributed by atoms with Gasteiger partial charge in [-0.1, -0.05) is 29.3 Å². The Bertz CT molecular complexity index is 1830. The van der Waals surface area contributed by atoms with Crippen LogP contribution in [0, 0.1) is 24.0 Å². The van der Waals surface area contributed by atoms with Gasteiger partial charge >= 0.3 is 0 Å². The SMILES string of the molecule is Cc1ccc(S(=O)(=O)c2ncnc3c2N=C(c2ccc([N+](=O)[O-])cc2)c2cc(C)ccc2S3(=O)=O)cc1. The van der Waals surface area contributed by atoms with Gasteiger partial charge in [-0.25, -0.2) is 31.8 Å². The first-order valence-electron chi connectivity index (χ1n) is 10.9. The lowest BCUT2D eigenvalue weighted by Gasteiger charge is -2.10. The first-order valence-corrected chi connectivity index (χ1v) is 13.8. The van der Waals surface area contributed by atoms with Gasteiger partial charge in [0.15, 0.2) is 10.1 Å². The first kappa shape index (κ1) is 24.4. The number of fused-ring (bicyclic) bond motifs is 2. The molecule has 0 saturated heterocycles. The Hall–Kier alpha value is -4.29. The van der Waals surface area contributed by atoms with Crippen molar-refractivity contribution in [1.82, 2.24) is 9.97 Å². The van der Waals surface area contributed by atoms with Crippen LogP contribution in [0.1, 0.15) is 22.3 Å². The predicted molar refractivity (Wildman–Crippen MR) is 134 cm³/mol. The monoisotopic (exact) mass is 534 g/mol. The lowest BCUT2D eigenvalue weighted by molar-refractivity contribution is -0.384. The van der Waals surface area contributed by atoms with E-state index in [4.69, 9.17) is 0 Å². The smallest absolute Gasteiger partial charge is 0.258 e. The molecule has 3 aromatic carbocycles. The molecule has 10 nitrogen and oxygen atoms in total. The molecule has 1 aliphatic heterocycles. The van der Waals surface area contributed by atoms with E-state index < -0.39 is 40.3 Å². The number of nitro benzene ring substituents is 1. The predicted octanol–water partition coefficient (Wildman–Crippen LogP) is 4.15. The van der Waals surface area contributed by atoms with Crippen LogP contribution in [0.25, 0.3) is 0 Å². The molecular formula is C25H18N4O6S2. The summed E-state index contributed by atoms with van der Waals surface area (Å²) in [5.41, 5.74) is 1.66. The minimum absolute atomic E-state index is 0.0823. The van der Waals surface area contributed by atoms with Crippen molar-refractivity contribution < 1.29 is 21.8 Å². The van der Waals surface area contributed by atoms with Crippen LogP contribution in [-0.4, -0.2) is 37.4 Å². The summed E-state index contributed by atoms with van der Waals surface area (Å²) in [5, 5.41) is 10.1. The van der Waals surface area contributed by atoms with E-state index in [2.05, 4.69) is 15.0 Å². The molecule has 186 valence electrons. The van der Waals surface area contributed by atoms with E-state index in [1.165, 1.54) is 42.5 Å². The third-order valence-corrected chi connectivity index (χ3v) is 9.29. The number of aromatic nitrogens is 2. The van der Waals surface area contributed by atoms with Gasteiger partial charge in [-0.15, -0.1) is 0 Å². The van der Waals surface area contributed by atoms with E-state index >= 15 is 0 Å². The Kier molecular flexibility index (Phi) is 5.72. The van der Waals surface area contributed by atoms with E-state index in [0.717, 1.165) is 17.5 Å². The average Bonchev–Trinajstić information content (AvgIpc) is 2.96. The van der Waals surface area contributed by atoms with Crippen LogP contribution in [-0.2, 0) is 19.7 Å². The summed E-state index contributed by atoms with van der Waals surface area (Å²) < 4.78 is 54.7. The second kappa shape index (κ2) is 8.68. The van der Waals surface area contributed by atoms with Crippen LogP contribution >= 0.6 is 0 Å². The van der Waals surface area contributed by atoms with Gasteiger partial charge in [-0.05, 0) is 50.2 Å². The van der Waals surface area contributed by atoms with E-state index in [9.17, 15) is 26.9 Å². The zero-order valence-electron chi connectivity index (χ0n) is 19.5. The highest BCUT2D eigenvalue weighted by Crippen LogP contribution is 2.40. The van der Waals surface area contributed by atoms with Crippen LogP contribution in [0.2, 0.25) is 0 Å². The third kappa shape index (κ3) is 4.09. The summed E-state index contributed by atoms with van der Waals surface area (Å²) in [6.45, 7) is 3.57. The number of aliphatic imine (C=N–C) groups is 1. The molecule has 1 aliphatic rings. The molecule has 1 aromatic heterocycles. The summed E-state index contributed by atoms with van der Waals surface area (Å²) in [7, 11) is -8.62. The Balaban J connectivity index is 1.86. The summed E-state index contributed by atoms with van der Waals surface area (Å²) in [6.07, 6.45) is 0.887. The van der Waals surface area contributed by atoms with E-state index in [1.54, 1.807) is 38.1 Å². The quantitative estimate of drug-likeness (QED) is 0.190. The summed E-state index contributed by atoms with van der Waals surface area (Å²) in [5.74, 6) is 0. The van der Waals surface area contributed by atoms with Gasteiger partial charge in [0.25, 0.3) is 5.69 Å². The number of hydrogen-bond donors (Lipinski definition) is 0. The highest BCUT2D eigenvalue weighted by atomic mass is 32.2. The molecule has 0 radical (unpaired) electrons. The number of nitrogens with zero attached hydrogens (tertiary/aromatic N) is 4. The fourth-order valence-electron chi connectivity index (χ4n) is 3.97.